The number of fused-ring (bicyclic) bond motifs is 1. The molecule has 132 valence electrons. The number of sulfonamides is 1. The maximum absolute atomic E-state index is 13.8. The Morgan fingerprint density at radius 3 is 2.56 bits per heavy atom. The highest BCUT2D eigenvalue weighted by atomic mass is 32.2. The molecule has 0 saturated heterocycles. The lowest BCUT2D eigenvalue weighted by Gasteiger charge is -2.16. The first-order valence-electron chi connectivity index (χ1n) is 7.61. The normalized spacial score (nSPS) is 17.9. The second kappa shape index (κ2) is 6.20. The summed E-state index contributed by atoms with van der Waals surface area (Å²) in [5.74, 6) is -2.20. The van der Waals surface area contributed by atoms with Crippen LogP contribution in [0.15, 0.2) is 41.3 Å². The largest absolute Gasteiger partial charge is 0.325 e. The van der Waals surface area contributed by atoms with E-state index in [9.17, 15) is 22.0 Å². The van der Waals surface area contributed by atoms with Gasteiger partial charge in [0.15, 0.2) is 0 Å². The van der Waals surface area contributed by atoms with Crippen LogP contribution >= 0.6 is 0 Å². The molecular formula is C17H16F2N2O3S. The van der Waals surface area contributed by atoms with Crippen molar-refractivity contribution in [1.29, 1.82) is 0 Å². The number of anilines is 1. The number of amides is 1. The predicted octanol–water partition coefficient (Wildman–Crippen LogP) is 3.06. The SMILES string of the molecule is C[C@@H]1C(=O)Nc2ccc(S(=O)(=O)N[C@H](C)c3ccc(F)cc3F)cc21. The van der Waals surface area contributed by atoms with E-state index in [1.54, 1.807) is 6.92 Å². The molecule has 3 rings (SSSR count). The number of rotatable bonds is 4. The van der Waals surface area contributed by atoms with Crippen LogP contribution in [0.5, 0.6) is 0 Å². The van der Waals surface area contributed by atoms with E-state index in [0.717, 1.165) is 6.07 Å². The van der Waals surface area contributed by atoms with Crippen molar-refractivity contribution < 1.29 is 22.0 Å². The standard InChI is InChI=1S/C17H16F2N2O3S/c1-9-14-8-12(4-6-16(14)20-17(9)22)25(23,24)21-10(2)13-5-3-11(18)7-15(13)19/h3-10,21H,1-2H3,(H,20,22)/t9-,10+/m0/s1. The van der Waals surface area contributed by atoms with Crippen molar-refractivity contribution in [2.24, 2.45) is 0 Å². The number of halogens is 2. The van der Waals surface area contributed by atoms with E-state index in [-0.39, 0.29) is 16.4 Å². The number of carbonyl (C=O) groups excluding carboxylic acids is 1. The zero-order chi connectivity index (χ0) is 18.4. The number of carbonyl (C=O) groups is 1. The third-order valence-electron chi connectivity index (χ3n) is 4.21. The average molecular weight is 366 g/mol. The highest BCUT2D eigenvalue weighted by Gasteiger charge is 2.29. The van der Waals surface area contributed by atoms with E-state index < -0.39 is 33.6 Å². The quantitative estimate of drug-likeness (QED) is 0.873. The van der Waals surface area contributed by atoms with Gasteiger partial charge in [-0.3, -0.25) is 4.79 Å². The molecule has 0 fully saturated rings. The van der Waals surface area contributed by atoms with Crippen molar-refractivity contribution >= 4 is 21.6 Å². The molecule has 0 saturated carbocycles. The number of nitrogens with one attached hydrogen (secondary N) is 2. The van der Waals surface area contributed by atoms with Crippen molar-refractivity contribution in [3.63, 3.8) is 0 Å². The Balaban J connectivity index is 1.89. The topological polar surface area (TPSA) is 75.3 Å². The van der Waals surface area contributed by atoms with Crippen LogP contribution in [0, 0.1) is 11.6 Å². The van der Waals surface area contributed by atoms with Gasteiger partial charge in [-0.05, 0) is 43.7 Å². The van der Waals surface area contributed by atoms with E-state index in [1.165, 1.54) is 31.2 Å². The lowest BCUT2D eigenvalue weighted by Crippen LogP contribution is -2.27. The van der Waals surface area contributed by atoms with Gasteiger partial charge < -0.3 is 5.32 Å². The van der Waals surface area contributed by atoms with Gasteiger partial charge in [0.1, 0.15) is 11.6 Å². The first-order valence-corrected chi connectivity index (χ1v) is 9.09. The van der Waals surface area contributed by atoms with E-state index >= 15 is 0 Å². The molecule has 8 heteroatoms. The Morgan fingerprint density at radius 2 is 1.88 bits per heavy atom. The molecule has 0 spiro atoms. The summed E-state index contributed by atoms with van der Waals surface area (Å²) in [4.78, 5) is 11.6. The summed E-state index contributed by atoms with van der Waals surface area (Å²) in [6.07, 6.45) is 0. The van der Waals surface area contributed by atoms with Gasteiger partial charge in [-0.2, -0.15) is 0 Å². The van der Waals surface area contributed by atoms with Crippen LogP contribution in [0.3, 0.4) is 0 Å². The van der Waals surface area contributed by atoms with Crippen LogP contribution in [0.1, 0.15) is 36.9 Å². The molecule has 0 unspecified atom stereocenters. The fourth-order valence-electron chi connectivity index (χ4n) is 2.78. The molecule has 0 bridgehead atoms. The maximum Gasteiger partial charge on any atom is 0.241 e. The molecule has 2 atom stereocenters. The molecule has 1 amide bonds. The Bertz CT molecular complexity index is 960. The lowest BCUT2D eigenvalue weighted by molar-refractivity contribution is -0.116. The molecule has 1 aliphatic rings. The minimum atomic E-state index is -3.95. The van der Waals surface area contributed by atoms with Crippen LogP contribution in [0.2, 0.25) is 0 Å². The summed E-state index contributed by atoms with van der Waals surface area (Å²) < 4.78 is 54.3. The molecule has 2 aromatic carbocycles. The molecule has 0 aliphatic carbocycles. The van der Waals surface area contributed by atoms with Crippen molar-refractivity contribution in [2.45, 2.75) is 30.7 Å². The second-order valence-corrected chi connectivity index (χ2v) is 7.68. The molecule has 2 aromatic rings. The van der Waals surface area contributed by atoms with Gasteiger partial charge in [-0.15, -0.1) is 0 Å². The molecule has 2 N–H and O–H groups in total. The molecular weight excluding hydrogens is 350 g/mol. The maximum atomic E-state index is 13.8. The van der Waals surface area contributed by atoms with Gasteiger partial charge in [0.2, 0.25) is 15.9 Å². The van der Waals surface area contributed by atoms with Crippen molar-refractivity contribution in [1.82, 2.24) is 4.72 Å². The fraction of sp³-hybridized carbons (Fsp3) is 0.235. The highest BCUT2D eigenvalue weighted by Crippen LogP contribution is 2.34. The minimum Gasteiger partial charge on any atom is -0.325 e. The Morgan fingerprint density at radius 1 is 1.16 bits per heavy atom. The van der Waals surface area contributed by atoms with Crippen LogP contribution in [0.25, 0.3) is 0 Å². The molecule has 25 heavy (non-hydrogen) atoms. The predicted molar refractivity (Wildman–Crippen MR) is 88.6 cm³/mol. The van der Waals surface area contributed by atoms with Gasteiger partial charge in [-0.25, -0.2) is 21.9 Å². The lowest BCUT2D eigenvalue weighted by atomic mass is 10.0. The number of hydrogen-bond acceptors (Lipinski definition) is 3. The summed E-state index contributed by atoms with van der Waals surface area (Å²) in [5.41, 5.74) is 1.21. The fourth-order valence-corrected chi connectivity index (χ4v) is 4.04. The summed E-state index contributed by atoms with van der Waals surface area (Å²) >= 11 is 0. The highest BCUT2D eigenvalue weighted by molar-refractivity contribution is 7.89. The molecule has 0 radical (unpaired) electrons. The van der Waals surface area contributed by atoms with Crippen molar-refractivity contribution in [2.75, 3.05) is 5.32 Å². The van der Waals surface area contributed by atoms with Crippen LogP contribution in [-0.4, -0.2) is 14.3 Å². The molecule has 1 heterocycles. The zero-order valence-electron chi connectivity index (χ0n) is 13.5. The third-order valence-corrected chi connectivity index (χ3v) is 5.75. The Labute approximate surface area is 144 Å². The van der Waals surface area contributed by atoms with E-state index in [2.05, 4.69) is 10.0 Å². The van der Waals surface area contributed by atoms with E-state index in [4.69, 9.17) is 0 Å². The first kappa shape index (κ1) is 17.5. The first-order chi connectivity index (χ1) is 11.7. The molecule has 0 aromatic heterocycles. The van der Waals surface area contributed by atoms with Crippen LogP contribution in [-0.2, 0) is 14.8 Å². The zero-order valence-corrected chi connectivity index (χ0v) is 14.3. The van der Waals surface area contributed by atoms with E-state index in [1.807, 2.05) is 0 Å². The van der Waals surface area contributed by atoms with Crippen molar-refractivity contribution in [3.05, 3.63) is 59.2 Å². The van der Waals surface area contributed by atoms with Crippen LogP contribution in [0.4, 0.5) is 14.5 Å². The van der Waals surface area contributed by atoms with Gasteiger partial charge in [0, 0.05) is 23.4 Å². The van der Waals surface area contributed by atoms with Gasteiger partial charge in [0.05, 0.1) is 10.8 Å². The summed E-state index contributed by atoms with van der Waals surface area (Å²) in [7, 11) is -3.95. The van der Waals surface area contributed by atoms with Crippen LogP contribution < -0.4 is 10.0 Å². The molecule has 1 aliphatic heterocycles. The Hall–Kier alpha value is -2.32. The summed E-state index contributed by atoms with van der Waals surface area (Å²) in [6, 6.07) is 6.39. The average Bonchev–Trinajstić information content (AvgIpc) is 2.81. The van der Waals surface area contributed by atoms with E-state index in [0.29, 0.717) is 17.3 Å². The third kappa shape index (κ3) is 3.27. The van der Waals surface area contributed by atoms with Crippen molar-refractivity contribution in [3.8, 4) is 0 Å². The van der Waals surface area contributed by atoms with Gasteiger partial charge in [-0.1, -0.05) is 6.07 Å². The summed E-state index contributed by atoms with van der Waals surface area (Å²) in [5, 5.41) is 2.67. The number of benzene rings is 2. The van der Waals surface area contributed by atoms with Gasteiger partial charge >= 0.3 is 0 Å². The van der Waals surface area contributed by atoms with Gasteiger partial charge in [0.25, 0.3) is 0 Å². The number of hydrogen-bond donors (Lipinski definition) is 2. The monoisotopic (exact) mass is 366 g/mol. The smallest absolute Gasteiger partial charge is 0.241 e. The minimum absolute atomic E-state index is 0.0241. The summed E-state index contributed by atoms with van der Waals surface area (Å²) in [6.45, 7) is 3.15. The second-order valence-electron chi connectivity index (χ2n) is 5.97. The Kier molecular flexibility index (Phi) is 4.34. The molecule has 5 nitrogen and oxygen atoms in total.